The summed E-state index contributed by atoms with van der Waals surface area (Å²) in [5, 5.41) is 14.8. The molecule has 7 nitrogen and oxygen atoms in total. The van der Waals surface area contributed by atoms with E-state index in [2.05, 4.69) is 30.6 Å². The van der Waals surface area contributed by atoms with E-state index in [1.165, 1.54) is 51.6 Å². The van der Waals surface area contributed by atoms with Crippen LogP contribution in [0.5, 0.6) is 0 Å². The van der Waals surface area contributed by atoms with E-state index in [1.54, 1.807) is 0 Å². The molecule has 0 radical (unpaired) electrons. The summed E-state index contributed by atoms with van der Waals surface area (Å²) in [6.07, 6.45) is 9.33. The van der Waals surface area contributed by atoms with E-state index in [0.717, 1.165) is 31.1 Å². The smallest absolute Gasteiger partial charge is 0.414 e. The second-order valence-electron chi connectivity index (χ2n) is 8.50. The molecule has 2 aliphatic heterocycles. The molecule has 1 aliphatic carbocycles. The standard InChI is InChI=1S/C18H34N2O.C2H2O4/c1-14-4-6-17(7-5-14)19-10-8-18(9-11-19)20-12-15(2)21-16(3)13-20;3-1(4)2(5)6/h14-18H,4-13H2,1-3H3;(H,3,4)(H,5,6). The van der Waals surface area contributed by atoms with Gasteiger partial charge in [-0.25, -0.2) is 9.59 Å². The van der Waals surface area contributed by atoms with Gasteiger partial charge in [0.1, 0.15) is 0 Å². The lowest BCUT2D eigenvalue weighted by Crippen LogP contribution is -2.54. The van der Waals surface area contributed by atoms with Crippen molar-refractivity contribution in [2.45, 2.75) is 83.6 Å². The van der Waals surface area contributed by atoms with Crippen LogP contribution in [0.25, 0.3) is 0 Å². The summed E-state index contributed by atoms with van der Waals surface area (Å²) in [6.45, 7) is 11.8. The Morgan fingerprint density at radius 3 is 1.63 bits per heavy atom. The van der Waals surface area contributed by atoms with Crippen LogP contribution in [-0.2, 0) is 14.3 Å². The van der Waals surface area contributed by atoms with Crippen LogP contribution in [0.15, 0.2) is 0 Å². The molecular weight excluding hydrogens is 348 g/mol. The van der Waals surface area contributed by atoms with Gasteiger partial charge in [0.25, 0.3) is 0 Å². The van der Waals surface area contributed by atoms with Crippen molar-refractivity contribution in [1.29, 1.82) is 0 Å². The van der Waals surface area contributed by atoms with Crippen LogP contribution in [-0.4, -0.2) is 82.4 Å². The van der Waals surface area contributed by atoms with Crippen molar-refractivity contribution in [1.82, 2.24) is 9.80 Å². The Balaban J connectivity index is 0.000000380. The van der Waals surface area contributed by atoms with Crippen LogP contribution in [0.4, 0.5) is 0 Å². The lowest BCUT2D eigenvalue weighted by Gasteiger charge is -2.46. The molecule has 3 fully saturated rings. The second kappa shape index (κ2) is 10.4. The third-order valence-corrected chi connectivity index (χ3v) is 6.15. The van der Waals surface area contributed by atoms with Gasteiger partial charge >= 0.3 is 11.9 Å². The number of nitrogens with zero attached hydrogens (tertiary/aromatic N) is 2. The summed E-state index contributed by atoms with van der Waals surface area (Å²) in [5.41, 5.74) is 0. The number of likely N-dealkylation sites (tertiary alicyclic amines) is 1. The Bertz CT molecular complexity index is 463. The Labute approximate surface area is 162 Å². The van der Waals surface area contributed by atoms with Gasteiger partial charge in [-0.2, -0.15) is 0 Å². The molecule has 3 rings (SSSR count). The van der Waals surface area contributed by atoms with E-state index < -0.39 is 11.9 Å². The van der Waals surface area contributed by atoms with Crippen LogP contribution >= 0.6 is 0 Å². The van der Waals surface area contributed by atoms with Gasteiger partial charge in [0.15, 0.2) is 0 Å². The zero-order valence-corrected chi connectivity index (χ0v) is 17.0. The molecular formula is C20H36N2O5. The van der Waals surface area contributed by atoms with Gasteiger partial charge in [-0.05, 0) is 71.4 Å². The molecule has 0 aromatic carbocycles. The van der Waals surface area contributed by atoms with Crippen molar-refractivity contribution < 1.29 is 24.5 Å². The van der Waals surface area contributed by atoms with Crippen LogP contribution in [0.2, 0.25) is 0 Å². The van der Waals surface area contributed by atoms with Gasteiger partial charge in [-0.15, -0.1) is 0 Å². The van der Waals surface area contributed by atoms with E-state index in [9.17, 15) is 0 Å². The summed E-state index contributed by atoms with van der Waals surface area (Å²) < 4.78 is 5.88. The number of carbonyl (C=O) groups is 2. The van der Waals surface area contributed by atoms with Crippen molar-refractivity contribution in [2.75, 3.05) is 26.2 Å². The van der Waals surface area contributed by atoms with E-state index in [1.807, 2.05) is 0 Å². The predicted octanol–water partition coefficient (Wildman–Crippen LogP) is 2.29. The predicted molar refractivity (Wildman–Crippen MR) is 103 cm³/mol. The summed E-state index contributed by atoms with van der Waals surface area (Å²) in [4.78, 5) is 23.7. The molecule has 2 N–H and O–H groups in total. The van der Waals surface area contributed by atoms with Gasteiger partial charge in [-0.1, -0.05) is 6.92 Å². The van der Waals surface area contributed by atoms with Gasteiger partial charge in [0.05, 0.1) is 12.2 Å². The van der Waals surface area contributed by atoms with Crippen molar-refractivity contribution in [2.24, 2.45) is 5.92 Å². The van der Waals surface area contributed by atoms with Crippen molar-refractivity contribution in [3.63, 3.8) is 0 Å². The minimum Gasteiger partial charge on any atom is -0.473 e. The number of carboxylic acid groups (broad SMARTS) is 2. The summed E-state index contributed by atoms with van der Waals surface area (Å²) >= 11 is 0. The molecule has 0 aromatic heterocycles. The maximum absolute atomic E-state index is 9.10. The van der Waals surface area contributed by atoms with Crippen LogP contribution in [0.3, 0.4) is 0 Å². The number of hydrogen-bond donors (Lipinski definition) is 2. The van der Waals surface area contributed by atoms with Crippen molar-refractivity contribution >= 4 is 11.9 Å². The van der Waals surface area contributed by atoms with E-state index in [0.29, 0.717) is 12.2 Å². The molecule has 156 valence electrons. The number of carboxylic acids is 2. The fourth-order valence-corrected chi connectivity index (χ4v) is 4.74. The molecule has 2 saturated heterocycles. The average molecular weight is 385 g/mol. The van der Waals surface area contributed by atoms with E-state index in [4.69, 9.17) is 24.5 Å². The first kappa shape index (κ1) is 22.1. The highest BCUT2D eigenvalue weighted by Crippen LogP contribution is 2.30. The van der Waals surface area contributed by atoms with Gasteiger partial charge in [0, 0.05) is 25.2 Å². The normalized spacial score (nSPS) is 33.7. The second-order valence-corrected chi connectivity index (χ2v) is 8.50. The molecule has 1 saturated carbocycles. The maximum atomic E-state index is 9.10. The Hall–Kier alpha value is -1.18. The highest BCUT2D eigenvalue weighted by Gasteiger charge is 2.32. The number of hydrogen-bond acceptors (Lipinski definition) is 5. The van der Waals surface area contributed by atoms with Gasteiger partial charge in [-0.3, -0.25) is 4.90 Å². The number of ether oxygens (including phenoxy) is 1. The Kier molecular flexibility index (Phi) is 8.51. The molecule has 2 heterocycles. The van der Waals surface area contributed by atoms with E-state index in [-0.39, 0.29) is 0 Å². The molecule has 2 atom stereocenters. The third-order valence-electron chi connectivity index (χ3n) is 6.15. The maximum Gasteiger partial charge on any atom is 0.414 e. The minimum atomic E-state index is -1.82. The van der Waals surface area contributed by atoms with Gasteiger partial charge in [0.2, 0.25) is 0 Å². The van der Waals surface area contributed by atoms with Crippen molar-refractivity contribution in [3.05, 3.63) is 0 Å². The number of morpholine rings is 1. The van der Waals surface area contributed by atoms with Crippen LogP contribution in [0.1, 0.15) is 59.3 Å². The molecule has 3 aliphatic rings. The Morgan fingerprint density at radius 1 is 0.741 bits per heavy atom. The van der Waals surface area contributed by atoms with Gasteiger partial charge < -0.3 is 19.8 Å². The first-order valence-electron chi connectivity index (χ1n) is 10.4. The quantitative estimate of drug-likeness (QED) is 0.706. The molecule has 0 bridgehead atoms. The molecule has 0 amide bonds. The summed E-state index contributed by atoms with van der Waals surface area (Å²) in [7, 11) is 0. The fourth-order valence-electron chi connectivity index (χ4n) is 4.74. The third kappa shape index (κ3) is 7.05. The number of piperidine rings is 1. The number of rotatable bonds is 2. The van der Waals surface area contributed by atoms with Crippen molar-refractivity contribution in [3.8, 4) is 0 Å². The summed E-state index contributed by atoms with van der Waals surface area (Å²) in [5.74, 6) is -2.68. The monoisotopic (exact) mass is 384 g/mol. The largest absolute Gasteiger partial charge is 0.473 e. The highest BCUT2D eigenvalue weighted by atomic mass is 16.5. The average Bonchev–Trinajstić information content (AvgIpc) is 2.62. The van der Waals surface area contributed by atoms with E-state index >= 15 is 0 Å². The SMILES string of the molecule is CC1CCC(N2CCC(N3CC(C)OC(C)C3)CC2)CC1.O=C(O)C(=O)O. The first-order chi connectivity index (χ1) is 12.8. The molecule has 27 heavy (non-hydrogen) atoms. The minimum absolute atomic E-state index is 0.409. The molecule has 7 heteroatoms. The zero-order valence-electron chi connectivity index (χ0n) is 17.0. The molecule has 0 spiro atoms. The number of aliphatic carboxylic acids is 2. The fraction of sp³-hybridized carbons (Fsp3) is 0.900. The van der Waals surface area contributed by atoms with Crippen LogP contribution in [0, 0.1) is 5.92 Å². The zero-order chi connectivity index (χ0) is 20.0. The highest BCUT2D eigenvalue weighted by molar-refractivity contribution is 6.27. The first-order valence-corrected chi connectivity index (χ1v) is 10.4. The summed E-state index contributed by atoms with van der Waals surface area (Å²) in [6, 6.07) is 1.70. The topological polar surface area (TPSA) is 90.3 Å². The molecule has 2 unspecified atom stereocenters. The lowest BCUT2D eigenvalue weighted by molar-refractivity contribution is -0.159. The lowest BCUT2D eigenvalue weighted by atomic mass is 9.85. The molecule has 0 aromatic rings. The van der Waals surface area contributed by atoms with Crippen LogP contribution < -0.4 is 0 Å². The Morgan fingerprint density at radius 2 is 1.19 bits per heavy atom.